The molecule has 2 aromatic carbocycles. The summed E-state index contributed by atoms with van der Waals surface area (Å²) < 4.78 is 15.5. The molecule has 1 aromatic heterocycles. The minimum atomic E-state index is -0.381. The molecule has 3 rings (SSSR count). The van der Waals surface area contributed by atoms with Crippen molar-refractivity contribution in [1.82, 2.24) is 20.3 Å². The van der Waals surface area contributed by atoms with Gasteiger partial charge in [0.2, 0.25) is 0 Å². The maximum absolute atomic E-state index is 13.9. The average molecular weight is 313 g/mol. The second kappa shape index (κ2) is 6.13. The Morgan fingerprint density at radius 3 is 2.91 bits per heavy atom. The average Bonchev–Trinajstić information content (AvgIpc) is 2.95. The van der Waals surface area contributed by atoms with Crippen molar-refractivity contribution in [3.05, 3.63) is 58.9 Å². The summed E-state index contributed by atoms with van der Waals surface area (Å²) in [4.78, 5) is 12.4. The van der Waals surface area contributed by atoms with Gasteiger partial charge in [0.15, 0.2) is 0 Å². The van der Waals surface area contributed by atoms with Crippen LogP contribution in [0.2, 0.25) is 0 Å². The topological polar surface area (TPSA) is 85.8 Å². The zero-order valence-corrected chi connectivity index (χ0v) is 12.6. The molecule has 0 saturated carbocycles. The van der Waals surface area contributed by atoms with Crippen molar-refractivity contribution in [2.75, 3.05) is 0 Å². The van der Waals surface area contributed by atoms with Crippen molar-refractivity contribution in [1.29, 1.82) is 0 Å². The highest BCUT2D eigenvalue weighted by Gasteiger charge is 2.14. The molecule has 7 heteroatoms. The van der Waals surface area contributed by atoms with Gasteiger partial charge in [0.1, 0.15) is 16.9 Å². The van der Waals surface area contributed by atoms with Crippen molar-refractivity contribution >= 4 is 16.9 Å². The fourth-order valence-corrected chi connectivity index (χ4v) is 2.43. The Morgan fingerprint density at radius 2 is 2.17 bits per heavy atom. The second-order valence-corrected chi connectivity index (χ2v) is 5.20. The zero-order chi connectivity index (χ0) is 16.4. The van der Waals surface area contributed by atoms with Crippen LogP contribution in [0.3, 0.4) is 0 Å². The van der Waals surface area contributed by atoms with Crippen LogP contribution in [0.5, 0.6) is 0 Å². The molecule has 0 saturated heterocycles. The van der Waals surface area contributed by atoms with E-state index >= 15 is 0 Å². The maximum Gasteiger partial charge on any atom is 0.253 e. The Hall–Kier alpha value is -2.80. The molecule has 0 radical (unpaired) electrons. The third kappa shape index (κ3) is 2.91. The summed E-state index contributed by atoms with van der Waals surface area (Å²) in [5.74, 6) is -0.683. The highest BCUT2D eigenvalue weighted by atomic mass is 19.1. The number of halogens is 1. The normalized spacial score (nSPS) is 10.9. The van der Waals surface area contributed by atoms with Gasteiger partial charge in [-0.1, -0.05) is 23.4 Å². The summed E-state index contributed by atoms with van der Waals surface area (Å²) >= 11 is 0. The highest BCUT2D eigenvalue weighted by molar-refractivity contribution is 6.04. The van der Waals surface area contributed by atoms with Crippen LogP contribution in [-0.4, -0.2) is 20.9 Å². The third-order valence-electron chi connectivity index (χ3n) is 3.66. The molecular weight excluding hydrogens is 297 g/mol. The fourth-order valence-electron chi connectivity index (χ4n) is 2.43. The third-order valence-corrected chi connectivity index (χ3v) is 3.66. The lowest BCUT2D eigenvalue weighted by atomic mass is 10.1. The van der Waals surface area contributed by atoms with Gasteiger partial charge < -0.3 is 11.1 Å². The number of nitrogens with two attached hydrogens (primary N) is 1. The molecule has 0 atom stereocenters. The molecule has 0 aliphatic rings. The number of para-hydroxylation sites is 1. The van der Waals surface area contributed by atoms with E-state index in [4.69, 9.17) is 5.73 Å². The van der Waals surface area contributed by atoms with E-state index in [-0.39, 0.29) is 24.8 Å². The van der Waals surface area contributed by atoms with Crippen LogP contribution < -0.4 is 11.1 Å². The van der Waals surface area contributed by atoms with E-state index in [0.29, 0.717) is 27.7 Å². The molecule has 118 valence electrons. The summed E-state index contributed by atoms with van der Waals surface area (Å²) in [5.41, 5.74) is 8.33. The number of aromatic nitrogens is 3. The van der Waals surface area contributed by atoms with Crippen molar-refractivity contribution in [2.45, 2.75) is 13.1 Å². The molecule has 0 fully saturated rings. The number of carbonyl (C=O) groups is 1. The predicted octanol–water partition coefficient (Wildman–Crippen LogP) is 1.50. The van der Waals surface area contributed by atoms with E-state index in [0.717, 1.165) is 0 Å². The lowest BCUT2D eigenvalue weighted by molar-refractivity contribution is 0.0952. The van der Waals surface area contributed by atoms with Gasteiger partial charge in [-0.15, -0.1) is 5.10 Å². The number of hydrogen-bond donors (Lipinski definition) is 2. The molecule has 23 heavy (non-hydrogen) atoms. The first kappa shape index (κ1) is 15.1. The summed E-state index contributed by atoms with van der Waals surface area (Å²) in [7, 11) is 1.72. The van der Waals surface area contributed by atoms with E-state index in [1.165, 1.54) is 6.07 Å². The van der Waals surface area contributed by atoms with E-state index in [9.17, 15) is 9.18 Å². The standard InChI is InChI=1S/C16H16FN5O/c1-22-15-12(3-2-4-14(15)20-21-22)16(23)19-9-11-6-5-10(8-18)7-13(11)17/h2-7H,8-9,18H2,1H3,(H,19,23). The van der Waals surface area contributed by atoms with Gasteiger partial charge in [0.05, 0.1) is 5.56 Å². The molecule has 1 amide bonds. The Kier molecular flexibility index (Phi) is 4.03. The quantitative estimate of drug-likeness (QED) is 0.764. The summed E-state index contributed by atoms with van der Waals surface area (Å²) in [5, 5.41) is 10.6. The first-order chi connectivity index (χ1) is 11.1. The molecule has 0 spiro atoms. The van der Waals surface area contributed by atoms with Gasteiger partial charge in [-0.2, -0.15) is 0 Å². The minimum absolute atomic E-state index is 0.0944. The summed E-state index contributed by atoms with van der Waals surface area (Å²) in [6.07, 6.45) is 0. The van der Waals surface area contributed by atoms with Crippen LogP contribution in [0.4, 0.5) is 4.39 Å². The largest absolute Gasteiger partial charge is 0.348 e. The molecule has 6 nitrogen and oxygen atoms in total. The summed E-state index contributed by atoms with van der Waals surface area (Å²) in [6.45, 7) is 0.371. The van der Waals surface area contributed by atoms with Crippen LogP contribution >= 0.6 is 0 Å². The number of nitrogens with zero attached hydrogens (tertiary/aromatic N) is 3. The second-order valence-electron chi connectivity index (χ2n) is 5.20. The molecule has 0 bridgehead atoms. The number of carbonyl (C=O) groups excluding carboxylic acids is 1. The smallest absolute Gasteiger partial charge is 0.253 e. The Labute approximate surface area is 132 Å². The van der Waals surface area contributed by atoms with Gasteiger partial charge in [-0.25, -0.2) is 9.07 Å². The fraction of sp³-hybridized carbons (Fsp3) is 0.188. The number of hydrogen-bond acceptors (Lipinski definition) is 4. The Bertz CT molecular complexity index is 874. The molecule has 0 unspecified atom stereocenters. The van der Waals surface area contributed by atoms with E-state index in [1.807, 2.05) is 0 Å². The van der Waals surface area contributed by atoms with E-state index < -0.39 is 0 Å². The van der Waals surface area contributed by atoms with Crippen LogP contribution in [0.1, 0.15) is 21.5 Å². The molecule has 3 N–H and O–H groups in total. The van der Waals surface area contributed by atoms with Crippen molar-refractivity contribution in [3.63, 3.8) is 0 Å². The SMILES string of the molecule is Cn1nnc2cccc(C(=O)NCc3ccc(CN)cc3F)c21. The van der Waals surface area contributed by atoms with Gasteiger partial charge >= 0.3 is 0 Å². The molecule has 1 heterocycles. The maximum atomic E-state index is 13.9. The lowest BCUT2D eigenvalue weighted by Crippen LogP contribution is -2.24. The molecular formula is C16H16FN5O. The van der Waals surface area contributed by atoms with Crippen LogP contribution in [0.15, 0.2) is 36.4 Å². The van der Waals surface area contributed by atoms with Gasteiger partial charge in [0.25, 0.3) is 5.91 Å². The lowest BCUT2D eigenvalue weighted by Gasteiger charge is -2.08. The zero-order valence-electron chi connectivity index (χ0n) is 12.6. The van der Waals surface area contributed by atoms with E-state index in [1.54, 1.807) is 42.1 Å². The molecule has 0 aliphatic carbocycles. The number of aryl methyl sites for hydroxylation is 1. The highest BCUT2D eigenvalue weighted by Crippen LogP contribution is 2.16. The number of amides is 1. The number of rotatable bonds is 4. The number of fused-ring (bicyclic) bond motifs is 1. The van der Waals surface area contributed by atoms with Gasteiger partial charge in [-0.05, 0) is 23.8 Å². The number of benzene rings is 2. The van der Waals surface area contributed by atoms with Crippen LogP contribution in [0.25, 0.3) is 11.0 Å². The van der Waals surface area contributed by atoms with E-state index in [2.05, 4.69) is 15.6 Å². The summed E-state index contributed by atoms with van der Waals surface area (Å²) in [6, 6.07) is 9.97. The number of nitrogens with one attached hydrogen (secondary N) is 1. The predicted molar refractivity (Wildman–Crippen MR) is 84.0 cm³/mol. The first-order valence-corrected chi connectivity index (χ1v) is 7.14. The van der Waals surface area contributed by atoms with Crippen LogP contribution in [-0.2, 0) is 20.1 Å². The first-order valence-electron chi connectivity index (χ1n) is 7.14. The molecule has 0 aliphatic heterocycles. The monoisotopic (exact) mass is 313 g/mol. The van der Waals surface area contributed by atoms with Gasteiger partial charge in [-0.3, -0.25) is 4.79 Å². The van der Waals surface area contributed by atoms with Crippen molar-refractivity contribution in [2.24, 2.45) is 12.8 Å². The van der Waals surface area contributed by atoms with Crippen LogP contribution in [0, 0.1) is 5.82 Å². The van der Waals surface area contributed by atoms with Crippen molar-refractivity contribution < 1.29 is 9.18 Å². The van der Waals surface area contributed by atoms with Gasteiger partial charge in [0, 0.05) is 25.7 Å². The van der Waals surface area contributed by atoms with Crippen molar-refractivity contribution in [3.8, 4) is 0 Å². The Morgan fingerprint density at radius 1 is 1.35 bits per heavy atom. The molecule has 3 aromatic rings. The Balaban J connectivity index is 1.80. The minimum Gasteiger partial charge on any atom is -0.348 e.